The lowest BCUT2D eigenvalue weighted by Crippen LogP contribution is -2.07. The zero-order valence-corrected chi connectivity index (χ0v) is 15.0. The van der Waals surface area contributed by atoms with Crippen molar-refractivity contribution in [1.29, 1.82) is 0 Å². The fraction of sp³-hybridized carbons (Fsp3) is 0.211. The fourth-order valence-electron chi connectivity index (χ4n) is 2.63. The van der Waals surface area contributed by atoms with Gasteiger partial charge in [0.15, 0.2) is 10.9 Å². The second-order valence-corrected chi connectivity index (χ2v) is 6.54. The molecule has 3 aromatic rings. The van der Waals surface area contributed by atoms with Gasteiger partial charge in [-0.15, -0.1) is 0 Å². The zero-order chi connectivity index (χ0) is 17.8. The number of hydrogen-bond acceptors (Lipinski definition) is 4. The maximum absolute atomic E-state index is 12.4. The number of para-hydroxylation sites is 2. The molecule has 6 heteroatoms. The SMILES string of the molecule is CCn1c(SCC(=O)c2ccc(NC(C)=O)cc2)nc2ccccc21. The molecule has 3 rings (SSSR count). The van der Waals surface area contributed by atoms with Crippen LogP contribution < -0.4 is 5.32 Å². The van der Waals surface area contributed by atoms with Gasteiger partial charge in [0, 0.05) is 24.7 Å². The van der Waals surface area contributed by atoms with Crippen LogP contribution in [0.3, 0.4) is 0 Å². The number of rotatable bonds is 6. The molecule has 1 N–H and O–H groups in total. The molecule has 0 aliphatic rings. The highest BCUT2D eigenvalue weighted by Gasteiger charge is 2.13. The standard InChI is InChI=1S/C19H19N3O2S/c1-3-22-17-7-5-4-6-16(17)21-19(22)25-12-18(24)14-8-10-15(11-9-14)20-13(2)23/h4-11H,3,12H2,1-2H3,(H,20,23). The molecular formula is C19H19N3O2S. The average molecular weight is 353 g/mol. The minimum Gasteiger partial charge on any atom is -0.326 e. The molecule has 0 spiro atoms. The quantitative estimate of drug-likeness (QED) is 0.538. The molecule has 0 aliphatic carbocycles. The number of thioether (sulfide) groups is 1. The van der Waals surface area contributed by atoms with Gasteiger partial charge in [0.25, 0.3) is 0 Å². The number of carbonyl (C=O) groups excluding carboxylic acids is 2. The van der Waals surface area contributed by atoms with Crippen LogP contribution in [0.2, 0.25) is 0 Å². The highest BCUT2D eigenvalue weighted by molar-refractivity contribution is 7.99. The number of benzene rings is 2. The van der Waals surface area contributed by atoms with Crippen molar-refractivity contribution in [2.24, 2.45) is 0 Å². The summed E-state index contributed by atoms with van der Waals surface area (Å²) >= 11 is 1.45. The van der Waals surface area contributed by atoms with Crippen LogP contribution >= 0.6 is 11.8 Å². The summed E-state index contributed by atoms with van der Waals surface area (Å²) in [4.78, 5) is 28.1. The molecule has 0 radical (unpaired) electrons. The van der Waals surface area contributed by atoms with Gasteiger partial charge in [-0.05, 0) is 43.3 Å². The first-order valence-corrected chi connectivity index (χ1v) is 9.06. The van der Waals surface area contributed by atoms with Gasteiger partial charge in [0.05, 0.1) is 16.8 Å². The van der Waals surface area contributed by atoms with Crippen molar-refractivity contribution in [2.75, 3.05) is 11.1 Å². The van der Waals surface area contributed by atoms with E-state index < -0.39 is 0 Å². The fourth-order valence-corrected chi connectivity index (χ4v) is 3.60. The first kappa shape index (κ1) is 17.2. The lowest BCUT2D eigenvalue weighted by Gasteiger charge is -2.06. The van der Waals surface area contributed by atoms with Gasteiger partial charge in [-0.1, -0.05) is 23.9 Å². The number of nitrogens with one attached hydrogen (secondary N) is 1. The summed E-state index contributed by atoms with van der Waals surface area (Å²) in [5, 5.41) is 3.54. The van der Waals surface area contributed by atoms with E-state index in [1.807, 2.05) is 24.3 Å². The Morgan fingerprint density at radius 3 is 2.52 bits per heavy atom. The Morgan fingerprint density at radius 2 is 1.84 bits per heavy atom. The second-order valence-electron chi connectivity index (χ2n) is 5.60. The third-order valence-corrected chi connectivity index (χ3v) is 4.77. The Bertz CT molecular complexity index is 916. The van der Waals surface area contributed by atoms with E-state index in [0.29, 0.717) is 17.0 Å². The number of amides is 1. The molecule has 128 valence electrons. The lowest BCUT2D eigenvalue weighted by molar-refractivity contribution is -0.114. The molecule has 25 heavy (non-hydrogen) atoms. The summed E-state index contributed by atoms with van der Waals surface area (Å²) in [5.41, 5.74) is 3.34. The third kappa shape index (κ3) is 3.91. The van der Waals surface area contributed by atoms with Gasteiger partial charge in [-0.2, -0.15) is 0 Å². The van der Waals surface area contributed by atoms with Gasteiger partial charge >= 0.3 is 0 Å². The van der Waals surface area contributed by atoms with E-state index in [2.05, 4.69) is 21.8 Å². The first-order chi connectivity index (χ1) is 12.1. The van der Waals surface area contributed by atoms with Gasteiger partial charge in [0.2, 0.25) is 5.91 Å². The predicted octanol–water partition coefficient (Wildman–Crippen LogP) is 3.99. The van der Waals surface area contributed by atoms with Crippen molar-refractivity contribution in [2.45, 2.75) is 25.5 Å². The zero-order valence-electron chi connectivity index (χ0n) is 14.2. The molecule has 0 saturated carbocycles. The third-order valence-electron chi connectivity index (χ3n) is 3.80. The Balaban J connectivity index is 1.71. The summed E-state index contributed by atoms with van der Waals surface area (Å²) in [6.45, 7) is 4.33. The molecular weight excluding hydrogens is 334 g/mol. The van der Waals surface area contributed by atoms with Crippen LogP contribution in [0.25, 0.3) is 11.0 Å². The molecule has 2 aromatic carbocycles. The normalized spacial score (nSPS) is 10.8. The molecule has 0 saturated heterocycles. The van der Waals surface area contributed by atoms with Gasteiger partial charge in [-0.25, -0.2) is 4.98 Å². The number of anilines is 1. The molecule has 5 nitrogen and oxygen atoms in total. The Morgan fingerprint density at radius 1 is 1.12 bits per heavy atom. The minimum atomic E-state index is -0.131. The molecule has 0 aliphatic heterocycles. The number of Topliss-reactive ketones (excluding diaryl/α,β-unsaturated/α-hetero) is 1. The van der Waals surface area contributed by atoms with Crippen LogP contribution in [0.15, 0.2) is 53.7 Å². The van der Waals surface area contributed by atoms with Gasteiger partial charge in [-0.3, -0.25) is 9.59 Å². The van der Waals surface area contributed by atoms with Crippen LogP contribution in [0, 0.1) is 0 Å². The lowest BCUT2D eigenvalue weighted by atomic mass is 10.1. The molecule has 0 atom stereocenters. The average Bonchev–Trinajstić information content (AvgIpc) is 2.97. The van der Waals surface area contributed by atoms with Crippen molar-refractivity contribution < 1.29 is 9.59 Å². The van der Waals surface area contributed by atoms with Crippen molar-refractivity contribution in [1.82, 2.24) is 9.55 Å². The number of imidazole rings is 1. The van der Waals surface area contributed by atoms with E-state index in [1.54, 1.807) is 24.3 Å². The topological polar surface area (TPSA) is 64.0 Å². The van der Waals surface area contributed by atoms with E-state index in [-0.39, 0.29) is 11.7 Å². The molecule has 1 heterocycles. The van der Waals surface area contributed by atoms with E-state index in [9.17, 15) is 9.59 Å². The Labute approximate surface area is 150 Å². The number of aromatic nitrogens is 2. The second kappa shape index (κ2) is 7.53. The van der Waals surface area contributed by atoms with Crippen molar-refractivity contribution in [3.63, 3.8) is 0 Å². The minimum absolute atomic E-state index is 0.0362. The number of fused-ring (bicyclic) bond motifs is 1. The van der Waals surface area contributed by atoms with Crippen LogP contribution in [0.1, 0.15) is 24.2 Å². The number of hydrogen-bond donors (Lipinski definition) is 1. The van der Waals surface area contributed by atoms with E-state index in [1.165, 1.54) is 18.7 Å². The number of carbonyl (C=O) groups is 2. The van der Waals surface area contributed by atoms with Crippen molar-refractivity contribution in [3.8, 4) is 0 Å². The summed E-state index contributed by atoms with van der Waals surface area (Å²) in [5.74, 6) is 0.227. The monoisotopic (exact) mass is 353 g/mol. The summed E-state index contributed by atoms with van der Waals surface area (Å²) < 4.78 is 2.12. The molecule has 0 unspecified atom stereocenters. The van der Waals surface area contributed by atoms with Gasteiger partial charge in [0.1, 0.15) is 0 Å². The maximum Gasteiger partial charge on any atom is 0.221 e. The van der Waals surface area contributed by atoms with Crippen molar-refractivity contribution >= 4 is 40.2 Å². The highest BCUT2D eigenvalue weighted by Crippen LogP contribution is 2.24. The van der Waals surface area contributed by atoms with E-state index >= 15 is 0 Å². The van der Waals surface area contributed by atoms with Crippen LogP contribution in [0.4, 0.5) is 5.69 Å². The van der Waals surface area contributed by atoms with E-state index in [0.717, 1.165) is 22.7 Å². The summed E-state index contributed by atoms with van der Waals surface area (Å²) in [7, 11) is 0. The van der Waals surface area contributed by atoms with Gasteiger partial charge < -0.3 is 9.88 Å². The van der Waals surface area contributed by atoms with Crippen LogP contribution in [0.5, 0.6) is 0 Å². The molecule has 0 fully saturated rings. The van der Waals surface area contributed by atoms with Crippen molar-refractivity contribution in [3.05, 3.63) is 54.1 Å². The van der Waals surface area contributed by atoms with E-state index in [4.69, 9.17) is 0 Å². The number of nitrogens with zero attached hydrogens (tertiary/aromatic N) is 2. The predicted molar refractivity (Wildman–Crippen MR) is 101 cm³/mol. The number of ketones is 1. The maximum atomic E-state index is 12.4. The number of aryl methyl sites for hydroxylation is 1. The van der Waals surface area contributed by atoms with Crippen LogP contribution in [-0.4, -0.2) is 27.0 Å². The summed E-state index contributed by atoms with van der Waals surface area (Å²) in [6, 6.07) is 14.9. The molecule has 1 amide bonds. The largest absolute Gasteiger partial charge is 0.326 e. The molecule has 1 aromatic heterocycles. The smallest absolute Gasteiger partial charge is 0.221 e. The van der Waals surface area contributed by atoms with Crippen LogP contribution in [-0.2, 0) is 11.3 Å². The Hall–Kier alpha value is -2.60. The summed E-state index contributed by atoms with van der Waals surface area (Å²) in [6.07, 6.45) is 0. The highest BCUT2D eigenvalue weighted by atomic mass is 32.2. The Kier molecular flexibility index (Phi) is 5.19. The first-order valence-electron chi connectivity index (χ1n) is 8.07. The molecule has 0 bridgehead atoms.